The number of hydrogen-bond acceptors (Lipinski definition) is 4. The average molecular weight is 375 g/mol. The number of benzene rings is 1. The van der Waals surface area contributed by atoms with Crippen LogP contribution in [0.3, 0.4) is 0 Å². The molecule has 1 aliphatic rings. The van der Waals surface area contributed by atoms with Crippen LogP contribution in [0, 0.1) is 11.3 Å². The number of Topliss-reactive ketones (excluding diaryl/α,β-unsaturated/α-hetero) is 1. The molecule has 3 N–H and O–H groups in total. The number of carbonyl (C=O) groups excluding carboxylic acids is 1. The molecule has 0 aromatic heterocycles. The molecule has 0 spiro atoms. The maximum Gasteiger partial charge on any atom is 0.175 e. The van der Waals surface area contributed by atoms with Gasteiger partial charge in [0.2, 0.25) is 0 Å². The van der Waals surface area contributed by atoms with E-state index < -0.39 is 9.84 Å². The highest BCUT2D eigenvalue weighted by atomic mass is 79.9. The first-order chi connectivity index (χ1) is 9.75. The predicted octanol–water partition coefficient (Wildman–Crippen LogP) is 2.39. The van der Waals surface area contributed by atoms with Crippen LogP contribution in [0.5, 0.6) is 0 Å². The summed E-state index contributed by atoms with van der Waals surface area (Å²) in [5.41, 5.74) is 5.69. The van der Waals surface area contributed by atoms with Gasteiger partial charge in [-0.15, -0.1) is 0 Å². The second-order valence-corrected chi connectivity index (χ2v) is 7.51. The number of halogens is 1. The maximum atomic E-state index is 11.2. The highest BCUT2D eigenvalue weighted by Gasteiger charge is 2.19. The largest absolute Gasteiger partial charge is 0.387 e. The van der Waals surface area contributed by atoms with Gasteiger partial charge < -0.3 is 5.73 Å². The Morgan fingerprint density at radius 2 is 1.86 bits per heavy atom. The Hall–Kier alpha value is -1.21. The van der Waals surface area contributed by atoms with E-state index >= 15 is 0 Å². The normalized spacial score (nSPS) is 14.6. The van der Waals surface area contributed by atoms with E-state index in [0.29, 0.717) is 17.3 Å². The van der Waals surface area contributed by atoms with Crippen LogP contribution in [-0.2, 0) is 9.84 Å². The molecule has 2 rings (SSSR count). The van der Waals surface area contributed by atoms with Crippen molar-refractivity contribution in [2.45, 2.75) is 24.2 Å². The van der Waals surface area contributed by atoms with Gasteiger partial charge in [-0.25, -0.2) is 8.42 Å². The van der Waals surface area contributed by atoms with Gasteiger partial charge in [0.1, 0.15) is 0 Å². The Labute approximate surface area is 133 Å². The molecule has 7 heteroatoms. The third-order valence-corrected chi connectivity index (χ3v) is 4.91. The van der Waals surface area contributed by atoms with Crippen molar-refractivity contribution in [3.05, 3.63) is 29.8 Å². The fourth-order valence-electron chi connectivity index (χ4n) is 1.68. The molecule has 1 saturated carbocycles. The Morgan fingerprint density at radius 3 is 2.10 bits per heavy atom. The summed E-state index contributed by atoms with van der Waals surface area (Å²) in [5, 5.41) is 7.17. The molecule has 0 aliphatic heterocycles. The Morgan fingerprint density at radius 1 is 1.33 bits per heavy atom. The van der Waals surface area contributed by atoms with E-state index in [1.54, 1.807) is 0 Å². The molecule has 0 saturated heterocycles. The number of rotatable bonds is 4. The molecule has 0 bridgehead atoms. The molecule has 1 aromatic rings. The summed E-state index contributed by atoms with van der Waals surface area (Å²) in [4.78, 5) is 11.4. The van der Waals surface area contributed by atoms with Gasteiger partial charge in [0.25, 0.3) is 0 Å². The van der Waals surface area contributed by atoms with E-state index in [9.17, 15) is 13.2 Å². The van der Waals surface area contributed by atoms with Crippen molar-refractivity contribution in [3.63, 3.8) is 0 Å². The van der Waals surface area contributed by atoms with Gasteiger partial charge in [0, 0.05) is 17.7 Å². The van der Waals surface area contributed by atoms with Crippen molar-refractivity contribution in [1.82, 2.24) is 0 Å². The molecular formula is C14H19BrN2O3S. The molecule has 0 atom stereocenters. The first kappa shape index (κ1) is 17.8. The van der Waals surface area contributed by atoms with Crippen molar-refractivity contribution in [2.24, 2.45) is 11.7 Å². The molecule has 0 unspecified atom stereocenters. The number of nitrogens with one attached hydrogen (secondary N) is 1. The van der Waals surface area contributed by atoms with E-state index in [4.69, 9.17) is 11.1 Å². The van der Waals surface area contributed by atoms with Gasteiger partial charge in [0.15, 0.2) is 15.6 Å². The Bertz CT molecular complexity index is 608. The van der Waals surface area contributed by atoms with Crippen LogP contribution in [0.25, 0.3) is 0 Å². The first-order valence-corrected chi connectivity index (χ1v) is 9.50. The minimum atomic E-state index is -3.18. The van der Waals surface area contributed by atoms with Gasteiger partial charge in [0.05, 0.1) is 16.1 Å². The summed E-state index contributed by atoms with van der Waals surface area (Å²) in [7, 11) is -3.18. The van der Waals surface area contributed by atoms with Crippen LogP contribution in [0.15, 0.2) is 29.2 Å². The first-order valence-electron chi connectivity index (χ1n) is 6.49. The van der Waals surface area contributed by atoms with Gasteiger partial charge in [-0.2, -0.15) is 0 Å². The lowest BCUT2D eigenvalue weighted by Gasteiger charge is -2.23. The van der Waals surface area contributed by atoms with E-state index in [1.807, 2.05) is 0 Å². The summed E-state index contributed by atoms with van der Waals surface area (Å²) < 4.78 is 22.2. The van der Waals surface area contributed by atoms with E-state index in [0.717, 1.165) is 19.1 Å². The second kappa shape index (κ2) is 7.70. The third kappa shape index (κ3) is 5.59. The summed E-state index contributed by atoms with van der Waals surface area (Å²) in [6, 6.07) is 5.90. The summed E-state index contributed by atoms with van der Waals surface area (Å²) in [5.74, 6) is 0.760. The predicted molar refractivity (Wildman–Crippen MR) is 86.9 cm³/mol. The van der Waals surface area contributed by atoms with Gasteiger partial charge >= 0.3 is 0 Å². The summed E-state index contributed by atoms with van der Waals surface area (Å²) in [6.07, 6.45) is 4.70. The number of alkyl halides is 1. The molecule has 0 amide bonds. The molecule has 5 nitrogen and oxygen atoms in total. The van der Waals surface area contributed by atoms with Crippen LogP contribution in [-0.4, -0.2) is 31.6 Å². The topological polar surface area (TPSA) is 101 Å². The van der Waals surface area contributed by atoms with Crippen LogP contribution >= 0.6 is 15.9 Å². The van der Waals surface area contributed by atoms with Crippen LogP contribution < -0.4 is 5.73 Å². The van der Waals surface area contributed by atoms with Gasteiger partial charge in [-0.3, -0.25) is 10.2 Å². The number of nitrogens with two attached hydrogens (primary N) is 1. The fraction of sp³-hybridized carbons (Fsp3) is 0.429. The standard InChI is InChI=1S/C9H9BrO3S.C5H10N2/c1-14(12,13)8-4-2-7(3-5-8)9(11)6-10;6-5(7)4-2-1-3-4/h2-5H,6H2,1H3;4H,1-3H2,(H3,6,7). The average Bonchev–Trinajstić information content (AvgIpc) is 2.35. The molecule has 1 fully saturated rings. The number of ketones is 1. The van der Waals surface area contributed by atoms with E-state index in [2.05, 4.69) is 15.9 Å². The second-order valence-electron chi connectivity index (χ2n) is 4.94. The molecule has 0 heterocycles. The number of sulfone groups is 1. The SMILES string of the molecule is CS(=O)(=O)c1ccc(C(=O)CBr)cc1.N=C(N)C1CCC1. The molecule has 116 valence electrons. The zero-order valence-corrected chi connectivity index (χ0v) is 14.2. The van der Waals surface area contributed by atoms with E-state index in [1.165, 1.54) is 30.7 Å². The van der Waals surface area contributed by atoms with Crippen molar-refractivity contribution in [2.75, 3.05) is 11.6 Å². The van der Waals surface area contributed by atoms with Crippen molar-refractivity contribution >= 4 is 37.4 Å². The molecule has 1 aliphatic carbocycles. The quantitative estimate of drug-likeness (QED) is 0.365. The molecule has 21 heavy (non-hydrogen) atoms. The van der Waals surface area contributed by atoms with Crippen molar-refractivity contribution < 1.29 is 13.2 Å². The van der Waals surface area contributed by atoms with Crippen LogP contribution in [0.1, 0.15) is 29.6 Å². The van der Waals surface area contributed by atoms with Crippen LogP contribution in [0.4, 0.5) is 0 Å². The highest BCUT2D eigenvalue weighted by Crippen LogP contribution is 2.25. The fourth-order valence-corrected chi connectivity index (χ4v) is 2.64. The lowest BCUT2D eigenvalue weighted by atomic mass is 9.85. The summed E-state index contributed by atoms with van der Waals surface area (Å²) in [6.45, 7) is 0. The molecular weight excluding hydrogens is 356 g/mol. The zero-order chi connectivity index (χ0) is 16.0. The van der Waals surface area contributed by atoms with Crippen molar-refractivity contribution in [1.29, 1.82) is 5.41 Å². The van der Waals surface area contributed by atoms with Crippen molar-refractivity contribution in [3.8, 4) is 0 Å². The smallest absolute Gasteiger partial charge is 0.175 e. The third-order valence-electron chi connectivity index (χ3n) is 3.27. The highest BCUT2D eigenvalue weighted by molar-refractivity contribution is 9.09. The van der Waals surface area contributed by atoms with E-state index in [-0.39, 0.29) is 16.0 Å². The lowest BCUT2D eigenvalue weighted by molar-refractivity contribution is 0.102. The van der Waals surface area contributed by atoms with Crippen LogP contribution in [0.2, 0.25) is 0 Å². The minimum Gasteiger partial charge on any atom is -0.387 e. The number of amidine groups is 1. The van der Waals surface area contributed by atoms with Gasteiger partial charge in [-0.05, 0) is 25.0 Å². The molecule has 1 aromatic carbocycles. The zero-order valence-electron chi connectivity index (χ0n) is 11.8. The minimum absolute atomic E-state index is 0.0648. The monoisotopic (exact) mass is 374 g/mol. The Kier molecular flexibility index (Phi) is 6.54. The lowest BCUT2D eigenvalue weighted by Crippen LogP contribution is -2.27. The van der Waals surface area contributed by atoms with Gasteiger partial charge in [-0.1, -0.05) is 34.5 Å². The number of hydrogen-bond donors (Lipinski definition) is 2. The number of carbonyl (C=O) groups is 1. The molecule has 0 radical (unpaired) electrons. The maximum absolute atomic E-state index is 11.2. The Balaban J connectivity index is 0.000000262. The summed E-state index contributed by atoms with van der Waals surface area (Å²) >= 11 is 3.04.